The van der Waals surface area contributed by atoms with E-state index in [-0.39, 0.29) is 18.7 Å². The zero-order chi connectivity index (χ0) is 21.3. The number of anilines is 1. The maximum Gasteiger partial charge on any atom is 0.314 e. The number of amides is 1. The van der Waals surface area contributed by atoms with Crippen LogP contribution in [0.25, 0.3) is 11.6 Å². The van der Waals surface area contributed by atoms with Crippen LogP contribution in [0.1, 0.15) is 31.9 Å². The van der Waals surface area contributed by atoms with Crippen molar-refractivity contribution in [3.63, 3.8) is 0 Å². The Morgan fingerprint density at radius 3 is 2.45 bits per heavy atom. The quantitative estimate of drug-likeness (QED) is 0.187. The van der Waals surface area contributed by atoms with Crippen LogP contribution >= 0.6 is 54.5 Å². The second kappa shape index (κ2) is 8.77. The first kappa shape index (κ1) is 22.3. The predicted molar refractivity (Wildman–Crippen MR) is 129 cm³/mol. The van der Waals surface area contributed by atoms with Crippen molar-refractivity contribution in [3.8, 4) is 5.75 Å². The number of nitrogens with one attached hydrogen (secondary N) is 1. The van der Waals surface area contributed by atoms with Gasteiger partial charge in [-0.15, -0.1) is 0 Å². The standard InChI is InChI=1S/C21H18Br2INO4/c1-21(2,3)20(27)29-10-28-18-15(22)7-11(8-16(18)23)6-14-13-9-12(24)4-5-17(13)25-19(14)26/h4-9H,10H2,1-3H3,(H,25,26). The van der Waals surface area contributed by atoms with Gasteiger partial charge < -0.3 is 14.8 Å². The summed E-state index contributed by atoms with van der Waals surface area (Å²) in [7, 11) is 0. The Morgan fingerprint density at radius 2 is 1.83 bits per heavy atom. The molecule has 152 valence electrons. The van der Waals surface area contributed by atoms with Crippen molar-refractivity contribution in [2.24, 2.45) is 5.41 Å². The average Bonchev–Trinajstić information content (AvgIpc) is 2.91. The van der Waals surface area contributed by atoms with E-state index in [2.05, 4.69) is 59.8 Å². The topological polar surface area (TPSA) is 64.6 Å². The summed E-state index contributed by atoms with van der Waals surface area (Å²) in [5.74, 6) is 0.0370. The molecule has 3 rings (SSSR count). The summed E-state index contributed by atoms with van der Waals surface area (Å²) in [4.78, 5) is 24.2. The van der Waals surface area contributed by atoms with Crippen LogP contribution in [0.15, 0.2) is 39.3 Å². The molecule has 0 saturated carbocycles. The van der Waals surface area contributed by atoms with E-state index in [1.807, 2.05) is 36.4 Å². The van der Waals surface area contributed by atoms with Crippen molar-refractivity contribution in [2.75, 3.05) is 12.1 Å². The number of hydrogen-bond acceptors (Lipinski definition) is 4. The average molecular weight is 635 g/mol. The number of carbonyl (C=O) groups is 2. The van der Waals surface area contributed by atoms with Crippen LogP contribution in [0.2, 0.25) is 0 Å². The molecule has 0 atom stereocenters. The molecule has 29 heavy (non-hydrogen) atoms. The lowest BCUT2D eigenvalue weighted by Gasteiger charge is -2.17. The highest BCUT2D eigenvalue weighted by Gasteiger charge is 2.25. The number of benzene rings is 2. The molecular weight excluding hydrogens is 617 g/mol. The third-order valence-corrected chi connectivity index (χ3v) is 5.95. The van der Waals surface area contributed by atoms with Gasteiger partial charge in [-0.2, -0.15) is 0 Å². The van der Waals surface area contributed by atoms with Crippen molar-refractivity contribution in [1.29, 1.82) is 0 Å². The third-order valence-electron chi connectivity index (χ3n) is 4.10. The second-order valence-corrected chi connectivity index (χ2v) is 10.4. The highest BCUT2D eigenvalue weighted by molar-refractivity contribution is 14.1. The molecule has 1 N–H and O–H groups in total. The minimum absolute atomic E-state index is 0.135. The van der Waals surface area contributed by atoms with E-state index in [0.29, 0.717) is 20.3 Å². The van der Waals surface area contributed by atoms with E-state index < -0.39 is 5.41 Å². The zero-order valence-corrected chi connectivity index (χ0v) is 21.3. The van der Waals surface area contributed by atoms with Crippen LogP contribution in [0.3, 0.4) is 0 Å². The van der Waals surface area contributed by atoms with Crippen LogP contribution in [0.5, 0.6) is 5.75 Å². The molecule has 8 heteroatoms. The summed E-state index contributed by atoms with van der Waals surface area (Å²) in [5.41, 5.74) is 2.51. The van der Waals surface area contributed by atoms with Gasteiger partial charge in [0.25, 0.3) is 5.91 Å². The maximum atomic E-state index is 12.4. The van der Waals surface area contributed by atoms with Gasteiger partial charge in [-0.05, 0) is 117 Å². The van der Waals surface area contributed by atoms with E-state index in [1.54, 1.807) is 20.8 Å². The van der Waals surface area contributed by atoms with Gasteiger partial charge in [-0.1, -0.05) is 0 Å². The van der Waals surface area contributed by atoms with Crippen LogP contribution < -0.4 is 10.1 Å². The van der Waals surface area contributed by atoms with Crippen molar-refractivity contribution >= 4 is 83.7 Å². The maximum absolute atomic E-state index is 12.4. The van der Waals surface area contributed by atoms with E-state index in [9.17, 15) is 9.59 Å². The Morgan fingerprint density at radius 1 is 1.17 bits per heavy atom. The largest absolute Gasteiger partial charge is 0.455 e. The molecule has 1 amide bonds. The molecule has 0 bridgehead atoms. The normalized spacial score (nSPS) is 14.6. The van der Waals surface area contributed by atoms with Gasteiger partial charge >= 0.3 is 5.97 Å². The number of fused-ring (bicyclic) bond motifs is 1. The molecule has 0 unspecified atom stereocenters. The number of hydrogen-bond donors (Lipinski definition) is 1. The highest BCUT2D eigenvalue weighted by atomic mass is 127. The van der Waals surface area contributed by atoms with Crippen LogP contribution in [0, 0.1) is 8.99 Å². The van der Waals surface area contributed by atoms with Crippen molar-refractivity contribution in [3.05, 3.63) is 54.0 Å². The van der Waals surface area contributed by atoms with E-state index in [1.165, 1.54) is 0 Å². The van der Waals surface area contributed by atoms with E-state index >= 15 is 0 Å². The van der Waals surface area contributed by atoms with Gasteiger partial charge in [0.2, 0.25) is 6.79 Å². The summed E-state index contributed by atoms with van der Waals surface area (Å²) in [6.45, 7) is 5.15. The molecular formula is C21H18Br2INO4. The third kappa shape index (κ3) is 5.21. The van der Waals surface area contributed by atoms with Crippen LogP contribution in [0.4, 0.5) is 5.69 Å². The molecule has 2 aromatic rings. The lowest BCUT2D eigenvalue weighted by atomic mass is 9.98. The van der Waals surface area contributed by atoms with Gasteiger partial charge in [0.1, 0.15) is 0 Å². The van der Waals surface area contributed by atoms with Gasteiger partial charge in [-0.25, -0.2) is 0 Å². The van der Waals surface area contributed by atoms with Crippen LogP contribution in [-0.2, 0) is 14.3 Å². The second-order valence-electron chi connectivity index (χ2n) is 7.46. The lowest BCUT2D eigenvalue weighted by molar-refractivity contribution is -0.159. The van der Waals surface area contributed by atoms with Crippen molar-refractivity contribution < 1.29 is 19.1 Å². The molecule has 1 heterocycles. The molecule has 0 aromatic heterocycles. The smallest absolute Gasteiger partial charge is 0.314 e. The Labute approximate surface area is 199 Å². The van der Waals surface area contributed by atoms with Gasteiger partial charge in [0.05, 0.1) is 14.4 Å². The number of rotatable bonds is 4. The fraction of sp³-hybridized carbons (Fsp3) is 0.238. The summed E-state index contributed by atoms with van der Waals surface area (Å²) in [5, 5.41) is 2.88. The molecule has 5 nitrogen and oxygen atoms in total. The summed E-state index contributed by atoms with van der Waals surface area (Å²) in [6, 6.07) is 9.52. The molecule has 0 saturated heterocycles. The lowest BCUT2D eigenvalue weighted by Crippen LogP contribution is -2.24. The first-order chi connectivity index (χ1) is 13.6. The number of esters is 1. The monoisotopic (exact) mass is 633 g/mol. The fourth-order valence-corrected chi connectivity index (χ4v) is 4.57. The number of carbonyl (C=O) groups excluding carboxylic acids is 2. The van der Waals surface area contributed by atoms with Gasteiger partial charge in [0, 0.05) is 20.4 Å². The Hall–Kier alpha value is -1.39. The zero-order valence-electron chi connectivity index (χ0n) is 15.9. The molecule has 0 spiro atoms. The summed E-state index contributed by atoms with van der Waals surface area (Å²) < 4.78 is 13.2. The first-order valence-corrected chi connectivity index (χ1v) is 11.3. The molecule has 0 aliphatic carbocycles. The van der Waals surface area contributed by atoms with Crippen molar-refractivity contribution in [2.45, 2.75) is 20.8 Å². The fourth-order valence-electron chi connectivity index (χ4n) is 2.63. The van der Waals surface area contributed by atoms with Gasteiger partial charge in [-0.3, -0.25) is 9.59 Å². The predicted octanol–water partition coefficient (Wildman–Crippen LogP) is 6.23. The molecule has 1 aliphatic heterocycles. The molecule has 1 aliphatic rings. The SMILES string of the molecule is CC(C)(C)C(=O)OCOc1c(Br)cc(C=C2C(=O)Nc3ccc(I)cc32)cc1Br. The minimum Gasteiger partial charge on any atom is -0.455 e. The summed E-state index contributed by atoms with van der Waals surface area (Å²) >= 11 is 9.20. The Kier molecular flexibility index (Phi) is 6.74. The molecule has 0 fully saturated rings. The Bertz CT molecular complexity index is 1000. The number of ether oxygens (including phenoxy) is 2. The summed E-state index contributed by atoms with van der Waals surface area (Å²) in [6.07, 6.45) is 1.83. The molecule has 2 aromatic carbocycles. The molecule has 0 radical (unpaired) electrons. The van der Waals surface area contributed by atoms with Crippen LogP contribution in [-0.4, -0.2) is 18.7 Å². The van der Waals surface area contributed by atoms with E-state index in [0.717, 1.165) is 20.4 Å². The van der Waals surface area contributed by atoms with Gasteiger partial charge in [0.15, 0.2) is 5.75 Å². The number of halogens is 3. The highest BCUT2D eigenvalue weighted by Crippen LogP contribution is 2.38. The first-order valence-electron chi connectivity index (χ1n) is 8.68. The Balaban J connectivity index is 1.82. The van der Waals surface area contributed by atoms with E-state index in [4.69, 9.17) is 9.47 Å². The minimum atomic E-state index is -0.593. The van der Waals surface area contributed by atoms with Crippen molar-refractivity contribution in [1.82, 2.24) is 0 Å².